The van der Waals surface area contributed by atoms with Gasteiger partial charge in [-0.25, -0.2) is 9.07 Å². The first-order valence-electron chi connectivity index (χ1n) is 10.8. The molecule has 3 aromatic rings. The highest BCUT2D eigenvalue weighted by molar-refractivity contribution is 5.58. The second-order valence-corrected chi connectivity index (χ2v) is 8.18. The van der Waals surface area contributed by atoms with E-state index in [1.54, 1.807) is 12.3 Å². The van der Waals surface area contributed by atoms with Gasteiger partial charge in [-0.3, -0.25) is 4.90 Å². The number of nitrogens with zero attached hydrogens (tertiary/aromatic N) is 5. The summed E-state index contributed by atoms with van der Waals surface area (Å²) in [6.45, 7) is 10.6. The Hall–Kier alpha value is -2.73. The first-order chi connectivity index (χ1) is 14.6. The van der Waals surface area contributed by atoms with Gasteiger partial charge in [0.25, 0.3) is 0 Å². The van der Waals surface area contributed by atoms with Crippen molar-refractivity contribution in [2.45, 2.75) is 33.2 Å². The fourth-order valence-electron chi connectivity index (χ4n) is 4.26. The number of benzene rings is 2. The second-order valence-electron chi connectivity index (χ2n) is 8.18. The van der Waals surface area contributed by atoms with Crippen molar-refractivity contribution < 1.29 is 4.39 Å². The zero-order valence-electron chi connectivity index (χ0n) is 17.9. The molecule has 1 aromatic heterocycles. The summed E-state index contributed by atoms with van der Waals surface area (Å²) >= 11 is 0. The molecular formula is C24H30FN5. The van der Waals surface area contributed by atoms with E-state index in [-0.39, 0.29) is 5.82 Å². The molecule has 1 aliphatic heterocycles. The average molecular weight is 408 g/mol. The fourth-order valence-corrected chi connectivity index (χ4v) is 4.26. The highest BCUT2D eigenvalue weighted by atomic mass is 19.1. The molecule has 0 atom stereocenters. The van der Waals surface area contributed by atoms with E-state index in [2.05, 4.69) is 52.2 Å². The van der Waals surface area contributed by atoms with Crippen molar-refractivity contribution in [3.05, 3.63) is 65.6 Å². The zero-order chi connectivity index (χ0) is 20.9. The van der Waals surface area contributed by atoms with Gasteiger partial charge in [-0.05, 0) is 57.0 Å². The Morgan fingerprint density at radius 3 is 2.50 bits per heavy atom. The van der Waals surface area contributed by atoms with Crippen LogP contribution in [0.5, 0.6) is 0 Å². The van der Waals surface area contributed by atoms with Crippen molar-refractivity contribution in [2.24, 2.45) is 0 Å². The highest BCUT2D eigenvalue weighted by Crippen LogP contribution is 2.23. The van der Waals surface area contributed by atoms with Crippen LogP contribution in [0, 0.1) is 19.7 Å². The van der Waals surface area contributed by atoms with E-state index in [1.807, 2.05) is 10.7 Å². The van der Waals surface area contributed by atoms with Gasteiger partial charge < -0.3 is 4.90 Å². The molecule has 0 aliphatic carbocycles. The van der Waals surface area contributed by atoms with Crippen LogP contribution in [0.2, 0.25) is 0 Å². The minimum absolute atomic E-state index is 0.236. The fraction of sp³-hybridized carbons (Fsp3) is 0.417. The van der Waals surface area contributed by atoms with Crippen LogP contribution in [0.3, 0.4) is 0 Å². The zero-order valence-corrected chi connectivity index (χ0v) is 17.9. The quantitative estimate of drug-likeness (QED) is 0.547. The Kier molecular flexibility index (Phi) is 6.43. The van der Waals surface area contributed by atoms with Gasteiger partial charge in [0.1, 0.15) is 5.82 Å². The smallest absolute Gasteiger partial charge is 0.123 e. The van der Waals surface area contributed by atoms with Crippen molar-refractivity contribution in [3.63, 3.8) is 0 Å². The van der Waals surface area contributed by atoms with E-state index in [9.17, 15) is 4.39 Å². The highest BCUT2D eigenvalue weighted by Gasteiger charge is 2.18. The van der Waals surface area contributed by atoms with Gasteiger partial charge in [0.2, 0.25) is 0 Å². The monoisotopic (exact) mass is 407 g/mol. The van der Waals surface area contributed by atoms with E-state index in [4.69, 9.17) is 0 Å². The van der Waals surface area contributed by atoms with Crippen LogP contribution in [-0.4, -0.2) is 52.6 Å². The summed E-state index contributed by atoms with van der Waals surface area (Å²) in [4.78, 5) is 5.06. The molecule has 0 radical (unpaired) electrons. The van der Waals surface area contributed by atoms with Crippen LogP contribution < -0.4 is 4.90 Å². The van der Waals surface area contributed by atoms with Crippen molar-refractivity contribution in [2.75, 3.05) is 37.6 Å². The molecule has 4 rings (SSSR count). The number of unbranched alkanes of at least 4 members (excludes halogenated alkanes) is 1. The van der Waals surface area contributed by atoms with Gasteiger partial charge in [-0.15, -0.1) is 5.10 Å². The van der Waals surface area contributed by atoms with E-state index < -0.39 is 0 Å². The number of hydrogen-bond donors (Lipinski definition) is 0. The van der Waals surface area contributed by atoms with Crippen molar-refractivity contribution in [1.29, 1.82) is 0 Å². The summed E-state index contributed by atoms with van der Waals surface area (Å²) < 4.78 is 15.4. The number of rotatable bonds is 7. The van der Waals surface area contributed by atoms with Crippen LogP contribution in [0.25, 0.3) is 11.3 Å². The molecule has 0 saturated carbocycles. The third kappa shape index (κ3) is 4.87. The number of halogens is 1. The number of aromatic nitrogens is 3. The minimum Gasteiger partial charge on any atom is -0.369 e. The lowest BCUT2D eigenvalue weighted by Crippen LogP contribution is -2.46. The molecule has 0 unspecified atom stereocenters. The third-order valence-corrected chi connectivity index (χ3v) is 5.90. The molecule has 1 fully saturated rings. The van der Waals surface area contributed by atoms with Gasteiger partial charge in [0.05, 0.1) is 11.9 Å². The molecule has 1 saturated heterocycles. The van der Waals surface area contributed by atoms with E-state index >= 15 is 0 Å². The first kappa shape index (κ1) is 20.5. The second kappa shape index (κ2) is 9.39. The summed E-state index contributed by atoms with van der Waals surface area (Å²) in [5, 5.41) is 8.21. The van der Waals surface area contributed by atoms with Crippen LogP contribution in [0.4, 0.5) is 10.1 Å². The molecule has 0 amide bonds. The Morgan fingerprint density at radius 2 is 1.73 bits per heavy atom. The molecule has 2 heterocycles. The Labute approximate surface area is 178 Å². The standard InChI is InChI=1S/C24H30FN5/c1-19-8-9-23(20(2)16-19)29-14-12-28(13-15-29)10-3-4-11-30-24(18-26-27-30)21-6-5-7-22(25)17-21/h5-9,16-18H,3-4,10-15H2,1-2H3. The molecule has 0 bridgehead atoms. The first-order valence-corrected chi connectivity index (χ1v) is 10.8. The van der Waals surface area contributed by atoms with Gasteiger partial charge >= 0.3 is 0 Å². The van der Waals surface area contributed by atoms with Gasteiger partial charge in [-0.2, -0.15) is 0 Å². The SMILES string of the molecule is Cc1ccc(N2CCN(CCCCn3nncc3-c3cccc(F)c3)CC2)c(C)c1. The molecule has 1 aliphatic rings. The maximum Gasteiger partial charge on any atom is 0.123 e. The van der Waals surface area contributed by atoms with Crippen LogP contribution >= 0.6 is 0 Å². The lowest BCUT2D eigenvalue weighted by molar-refractivity contribution is 0.250. The number of hydrogen-bond acceptors (Lipinski definition) is 4. The molecule has 5 nitrogen and oxygen atoms in total. The Bertz CT molecular complexity index is 975. The maximum atomic E-state index is 13.5. The topological polar surface area (TPSA) is 37.2 Å². The summed E-state index contributed by atoms with van der Waals surface area (Å²) in [5.41, 5.74) is 5.75. The molecule has 30 heavy (non-hydrogen) atoms. The lowest BCUT2D eigenvalue weighted by Gasteiger charge is -2.37. The van der Waals surface area contributed by atoms with Crippen LogP contribution in [0.1, 0.15) is 24.0 Å². The molecule has 6 heteroatoms. The van der Waals surface area contributed by atoms with Gasteiger partial charge in [0.15, 0.2) is 0 Å². The Balaban J connectivity index is 1.23. The summed E-state index contributed by atoms with van der Waals surface area (Å²) in [7, 11) is 0. The molecule has 0 spiro atoms. The van der Waals surface area contributed by atoms with E-state index in [0.717, 1.165) is 63.4 Å². The summed E-state index contributed by atoms with van der Waals surface area (Å²) in [6, 6.07) is 13.3. The third-order valence-electron chi connectivity index (χ3n) is 5.90. The van der Waals surface area contributed by atoms with Crippen molar-refractivity contribution in [1.82, 2.24) is 19.9 Å². The average Bonchev–Trinajstić information content (AvgIpc) is 3.20. The summed E-state index contributed by atoms with van der Waals surface area (Å²) in [6.07, 6.45) is 3.86. The van der Waals surface area contributed by atoms with Crippen molar-refractivity contribution >= 4 is 5.69 Å². The molecule has 0 N–H and O–H groups in total. The van der Waals surface area contributed by atoms with Crippen LogP contribution in [-0.2, 0) is 6.54 Å². The van der Waals surface area contributed by atoms with Crippen LogP contribution in [0.15, 0.2) is 48.7 Å². The lowest BCUT2D eigenvalue weighted by atomic mass is 10.1. The number of aryl methyl sites for hydroxylation is 3. The van der Waals surface area contributed by atoms with Gasteiger partial charge in [0, 0.05) is 44.0 Å². The largest absolute Gasteiger partial charge is 0.369 e. The summed E-state index contributed by atoms with van der Waals surface area (Å²) in [5.74, 6) is -0.236. The van der Waals surface area contributed by atoms with E-state index in [0.29, 0.717) is 0 Å². The normalized spacial score (nSPS) is 15.0. The maximum absolute atomic E-state index is 13.5. The van der Waals surface area contributed by atoms with Gasteiger partial charge in [-0.1, -0.05) is 35.0 Å². The Morgan fingerprint density at radius 1 is 0.933 bits per heavy atom. The molecule has 158 valence electrons. The predicted molar refractivity (Wildman–Crippen MR) is 119 cm³/mol. The van der Waals surface area contributed by atoms with E-state index in [1.165, 1.54) is 28.9 Å². The molecular weight excluding hydrogens is 377 g/mol. The predicted octanol–water partition coefficient (Wildman–Crippen LogP) is 4.30. The number of piperazine rings is 1. The van der Waals surface area contributed by atoms with Crippen molar-refractivity contribution in [3.8, 4) is 11.3 Å². The minimum atomic E-state index is -0.236. The molecule has 2 aromatic carbocycles. The number of anilines is 1.